The zero-order valence-electron chi connectivity index (χ0n) is 11.9. The van der Waals surface area contributed by atoms with E-state index in [4.69, 9.17) is 0 Å². The molecule has 1 aliphatic rings. The Morgan fingerprint density at radius 3 is 2.55 bits per heavy atom. The summed E-state index contributed by atoms with van der Waals surface area (Å²) in [5.74, 6) is -1.78. The standard InChI is InChI=1S/C13H16N2O3.C2H6/c16-10-8-15-13(18)11(10)12(17)14-7-6-9-4-2-1-3-5-9;1-2/h1-5,10-11,16H,6-8H2,(H,14,17)(H,15,18);1-2H3. The van der Waals surface area contributed by atoms with Gasteiger partial charge in [0.2, 0.25) is 11.8 Å². The maximum absolute atomic E-state index is 11.7. The Hall–Kier alpha value is -1.88. The van der Waals surface area contributed by atoms with Crippen molar-refractivity contribution in [1.29, 1.82) is 0 Å². The first-order valence-corrected chi connectivity index (χ1v) is 6.96. The lowest BCUT2D eigenvalue weighted by atomic mass is 10.0. The summed E-state index contributed by atoms with van der Waals surface area (Å²) in [7, 11) is 0. The van der Waals surface area contributed by atoms with Crippen LogP contribution in [0.25, 0.3) is 0 Å². The van der Waals surface area contributed by atoms with E-state index >= 15 is 0 Å². The van der Waals surface area contributed by atoms with Crippen molar-refractivity contribution in [1.82, 2.24) is 10.6 Å². The molecule has 20 heavy (non-hydrogen) atoms. The molecule has 0 bridgehead atoms. The minimum atomic E-state index is -0.972. The number of carbonyl (C=O) groups is 2. The number of amides is 2. The average Bonchev–Trinajstić information content (AvgIpc) is 2.81. The monoisotopic (exact) mass is 278 g/mol. The number of carbonyl (C=O) groups excluding carboxylic acids is 2. The third-order valence-corrected chi connectivity index (χ3v) is 2.99. The summed E-state index contributed by atoms with van der Waals surface area (Å²) in [5.41, 5.74) is 1.12. The van der Waals surface area contributed by atoms with E-state index in [1.54, 1.807) is 0 Å². The molecule has 0 aliphatic carbocycles. The van der Waals surface area contributed by atoms with Crippen LogP contribution >= 0.6 is 0 Å². The van der Waals surface area contributed by atoms with Gasteiger partial charge in [-0.25, -0.2) is 0 Å². The maximum Gasteiger partial charge on any atom is 0.235 e. The van der Waals surface area contributed by atoms with Crippen molar-refractivity contribution in [2.75, 3.05) is 13.1 Å². The van der Waals surface area contributed by atoms with Crippen molar-refractivity contribution in [2.24, 2.45) is 5.92 Å². The predicted molar refractivity (Wildman–Crippen MR) is 77.0 cm³/mol. The van der Waals surface area contributed by atoms with Gasteiger partial charge in [0.15, 0.2) is 0 Å². The van der Waals surface area contributed by atoms with Gasteiger partial charge < -0.3 is 15.7 Å². The Kier molecular flexibility index (Phi) is 6.73. The molecule has 1 aromatic carbocycles. The van der Waals surface area contributed by atoms with Gasteiger partial charge >= 0.3 is 0 Å². The van der Waals surface area contributed by atoms with E-state index in [0.717, 1.165) is 5.56 Å². The highest BCUT2D eigenvalue weighted by Gasteiger charge is 2.38. The zero-order valence-corrected chi connectivity index (χ0v) is 11.9. The van der Waals surface area contributed by atoms with Crippen LogP contribution in [0.15, 0.2) is 30.3 Å². The van der Waals surface area contributed by atoms with E-state index in [-0.39, 0.29) is 6.54 Å². The summed E-state index contributed by atoms with van der Waals surface area (Å²) in [6, 6.07) is 9.75. The van der Waals surface area contributed by atoms with Crippen LogP contribution in [-0.4, -0.2) is 36.1 Å². The molecule has 1 aromatic rings. The minimum absolute atomic E-state index is 0.148. The molecule has 0 radical (unpaired) electrons. The Bertz CT molecular complexity index is 434. The van der Waals surface area contributed by atoms with Gasteiger partial charge in [-0.05, 0) is 12.0 Å². The fourth-order valence-corrected chi connectivity index (χ4v) is 1.99. The fourth-order valence-electron chi connectivity index (χ4n) is 1.99. The molecule has 1 fully saturated rings. The number of benzene rings is 1. The number of hydrogen-bond acceptors (Lipinski definition) is 3. The number of β-amino-alcohol motifs (C(OH)–C–C–N with tert-alkyl or cyclic N) is 1. The second kappa shape index (κ2) is 8.32. The van der Waals surface area contributed by atoms with Crippen molar-refractivity contribution in [3.8, 4) is 0 Å². The first-order valence-electron chi connectivity index (χ1n) is 6.96. The lowest BCUT2D eigenvalue weighted by Gasteiger charge is -2.11. The van der Waals surface area contributed by atoms with Gasteiger partial charge in [-0.15, -0.1) is 0 Å². The zero-order chi connectivity index (χ0) is 15.0. The van der Waals surface area contributed by atoms with E-state index in [2.05, 4.69) is 10.6 Å². The van der Waals surface area contributed by atoms with Crippen molar-refractivity contribution in [3.05, 3.63) is 35.9 Å². The summed E-state index contributed by atoms with van der Waals surface area (Å²) < 4.78 is 0. The molecule has 2 amide bonds. The highest BCUT2D eigenvalue weighted by Crippen LogP contribution is 2.10. The second-order valence-electron chi connectivity index (χ2n) is 4.32. The van der Waals surface area contributed by atoms with Gasteiger partial charge in [0.1, 0.15) is 5.92 Å². The Labute approximate surface area is 119 Å². The molecule has 3 N–H and O–H groups in total. The third-order valence-electron chi connectivity index (χ3n) is 2.99. The van der Waals surface area contributed by atoms with E-state index in [0.29, 0.717) is 13.0 Å². The number of hydrogen-bond donors (Lipinski definition) is 3. The fraction of sp³-hybridized carbons (Fsp3) is 0.467. The van der Waals surface area contributed by atoms with E-state index < -0.39 is 23.8 Å². The molecule has 5 nitrogen and oxygen atoms in total. The Morgan fingerprint density at radius 1 is 1.35 bits per heavy atom. The summed E-state index contributed by atoms with van der Waals surface area (Å²) in [5, 5.41) is 14.6. The van der Waals surface area contributed by atoms with E-state index in [1.807, 2.05) is 44.2 Å². The Balaban J connectivity index is 0.000000956. The lowest BCUT2D eigenvalue weighted by Crippen LogP contribution is -2.40. The highest BCUT2D eigenvalue weighted by atomic mass is 16.3. The maximum atomic E-state index is 11.7. The molecule has 1 saturated heterocycles. The molecule has 1 heterocycles. The molecular weight excluding hydrogens is 256 g/mol. The lowest BCUT2D eigenvalue weighted by molar-refractivity contribution is -0.135. The van der Waals surface area contributed by atoms with Gasteiger partial charge in [0, 0.05) is 13.1 Å². The van der Waals surface area contributed by atoms with Gasteiger partial charge in [-0.1, -0.05) is 44.2 Å². The van der Waals surface area contributed by atoms with Crippen LogP contribution < -0.4 is 10.6 Å². The molecule has 0 aromatic heterocycles. The molecule has 110 valence electrons. The van der Waals surface area contributed by atoms with Gasteiger partial charge in [0.05, 0.1) is 6.10 Å². The highest BCUT2D eigenvalue weighted by molar-refractivity contribution is 6.02. The first kappa shape index (κ1) is 16.2. The molecular formula is C15H22N2O3. The van der Waals surface area contributed by atoms with Crippen LogP contribution in [0, 0.1) is 5.92 Å². The van der Waals surface area contributed by atoms with Crippen LogP contribution in [-0.2, 0) is 16.0 Å². The van der Waals surface area contributed by atoms with E-state index in [1.165, 1.54) is 0 Å². The second-order valence-corrected chi connectivity index (χ2v) is 4.32. The van der Waals surface area contributed by atoms with Crippen LogP contribution in [0.4, 0.5) is 0 Å². The van der Waals surface area contributed by atoms with Crippen LogP contribution in [0.1, 0.15) is 19.4 Å². The molecule has 0 saturated carbocycles. The number of aliphatic hydroxyl groups is 1. The molecule has 0 spiro atoms. The quantitative estimate of drug-likeness (QED) is 0.701. The van der Waals surface area contributed by atoms with Crippen molar-refractivity contribution in [3.63, 3.8) is 0 Å². The molecule has 2 rings (SSSR count). The van der Waals surface area contributed by atoms with Crippen LogP contribution in [0.3, 0.4) is 0 Å². The number of rotatable bonds is 4. The molecule has 1 aliphatic heterocycles. The summed E-state index contributed by atoms with van der Waals surface area (Å²) in [4.78, 5) is 23.1. The number of nitrogens with one attached hydrogen (secondary N) is 2. The first-order chi connectivity index (χ1) is 9.68. The van der Waals surface area contributed by atoms with Crippen molar-refractivity contribution in [2.45, 2.75) is 26.4 Å². The predicted octanol–water partition coefficient (Wildman–Crippen LogP) is 0.478. The minimum Gasteiger partial charge on any atom is -0.390 e. The van der Waals surface area contributed by atoms with Crippen LogP contribution in [0.2, 0.25) is 0 Å². The average molecular weight is 278 g/mol. The smallest absolute Gasteiger partial charge is 0.235 e. The summed E-state index contributed by atoms with van der Waals surface area (Å²) in [6.07, 6.45) is -0.217. The molecule has 5 heteroatoms. The molecule has 2 atom stereocenters. The van der Waals surface area contributed by atoms with Crippen LogP contribution in [0.5, 0.6) is 0 Å². The largest absolute Gasteiger partial charge is 0.390 e. The normalized spacial score (nSPS) is 20.6. The number of aliphatic hydroxyl groups excluding tert-OH is 1. The molecule has 2 unspecified atom stereocenters. The summed E-state index contributed by atoms with van der Waals surface area (Å²) in [6.45, 7) is 4.61. The topological polar surface area (TPSA) is 78.4 Å². The SMILES string of the molecule is CC.O=C(NCCc1ccccc1)C1C(=O)NCC1O. The Morgan fingerprint density at radius 2 is 2.00 bits per heavy atom. The van der Waals surface area contributed by atoms with Crippen molar-refractivity contribution >= 4 is 11.8 Å². The van der Waals surface area contributed by atoms with Gasteiger partial charge in [-0.3, -0.25) is 9.59 Å². The van der Waals surface area contributed by atoms with Gasteiger partial charge in [-0.2, -0.15) is 0 Å². The third kappa shape index (κ3) is 4.35. The summed E-state index contributed by atoms with van der Waals surface area (Å²) >= 11 is 0. The van der Waals surface area contributed by atoms with Crippen molar-refractivity contribution < 1.29 is 14.7 Å². The van der Waals surface area contributed by atoms with E-state index in [9.17, 15) is 14.7 Å². The van der Waals surface area contributed by atoms with Gasteiger partial charge in [0.25, 0.3) is 0 Å².